The summed E-state index contributed by atoms with van der Waals surface area (Å²) in [7, 11) is 0. The fraction of sp³-hybridized carbons (Fsp3) is 0.227. The zero-order valence-electron chi connectivity index (χ0n) is 17.6. The van der Waals surface area contributed by atoms with E-state index in [0.717, 1.165) is 17.8 Å². The van der Waals surface area contributed by atoms with Crippen LogP contribution in [0, 0.1) is 18.3 Å². The maximum atomic E-state index is 12.9. The van der Waals surface area contributed by atoms with Crippen molar-refractivity contribution in [3.05, 3.63) is 58.6 Å². The van der Waals surface area contributed by atoms with Crippen molar-refractivity contribution in [3.63, 3.8) is 0 Å². The van der Waals surface area contributed by atoms with Gasteiger partial charge >= 0.3 is 0 Å². The van der Waals surface area contributed by atoms with Crippen molar-refractivity contribution in [2.24, 2.45) is 0 Å². The number of aryl methyl sites for hydroxylation is 1. The van der Waals surface area contributed by atoms with Gasteiger partial charge in [-0.05, 0) is 43.7 Å². The maximum absolute atomic E-state index is 12.9. The highest BCUT2D eigenvalue weighted by atomic mass is 35.5. The molecule has 0 aliphatic carbocycles. The van der Waals surface area contributed by atoms with E-state index >= 15 is 0 Å². The van der Waals surface area contributed by atoms with Crippen molar-refractivity contribution in [3.8, 4) is 11.8 Å². The standard InChI is InChI=1S/C22H19ClN8O2/c1-12-26-11-31(28-12)15-2-3-16(18(23)8-15)22(32)27-14-4-5-30(10-14)19-7-13(9-24)6-17-20(19)33-29-21(17)25/h2-3,6-8,11,14H,4-5,10H2,1H3,(H2,25,29)(H,27,32). The second-order valence-electron chi connectivity index (χ2n) is 7.86. The lowest BCUT2D eigenvalue weighted by atomic mass is 10.1. The van der Waals surface area contributed by atoms with Crippen LogP contribution >= 0.6 is 11.6 Å². The molecule has 1 fully saturated rings. The second-order valence-corrected chi connectivity index (χ2v) is 8.26. The van der Waals surface area contributed by atoms with Gasteiger partial charge in [-0.25, -0.2) is 9.67 Å². The number of aromatic nitrogens is 4. The van der Waals surface area contributed by atoms with E-state index in [1.54, 1.807) is 48.3 Å². The van der Waals surface area contributed by atoms with Crippen LogP contribution in [0.5, 0.6) is 0 Å². The molecule has 166 valence electrons. The highest BCUT2D eigenvalue weighted by molar-refractivity contribution is 6.34. The van der Waals surface area contributed by atoms with Gasteiger partial charge in [0.2, 0.25) is 0 Å². The van der Waals surface area contributed by atoms with Crippen LogP contribution in [0.1, 0.15) is 28.2 Å². The first-order valence-electron chi connectivity index (χ1n) is 10.3. The Morgan fingerprint density at radius 3 is 2.94 bits per heavy atom. The predicted molar refractivity (Wildman–Crippen MR) is 122 cm³/mol. The molecule has 3 heterocycles. The lowest BCUT2D eigenvalue weighted by molar-refractivity contribution is 0.0940. The number of carbonyl (C=O) groups excluding carboxylic acids is 1. The molecule has 0 bridgehead atoms. The van der Waals surface area contributed by atoms with Gasteiger partial charge in [-0.1, -0.05) is 16.8 Å². The van der Waals surface area contributed by atoms with Crippen molar-refractivity contribution >= 4 is 40.0 Å². The largest absolute Gasteiger partial charge is 0.380 e. The third-order valence-electron chi connectivity index (χ3n) is 5.64. The van der Waals surface area contributed by atoms with Crippen molar-refractivity contribution in [2.75, 3.05) is 23.7 Å². The number of benzene rings is 2. The Balaban J connectivity index is 1.32. The number of nitrogen functional groups attached to an aromatic ring is 1. The summed E-state index contributed by atoms with van der Waals surface area (Å²) < 4.78 is 7.00. The predicted octanol–water partition coefficient (Wildman–Crippen LogP) is 2.83. The monoisotopic (exact) mass is 462 g/mol. The molecule has 1 aliphatic rings. The number of amides is 1. The summed E-state index contributed by atoms with van der Waals surface area (Å²) in [5, 5.41) is 21.4. The quantitative estimate of drug-likeness (QED) is 0.472. The minimum absolute atomic E-state index is 0.104. The topological polar surface area (TPSA) is 139 Å². The number of hydrogen-bond acceptors (Lipinski definition) is 8. The number of nitrogens with two attached hydrogens (primary N) is 1. The zero-order valence-corrected chi connectivity index (χ0v) is 18.4. The van der Waals surface area contributed by atoms with Gasteiger partial charge in [0, 0.05) is 19.1 Å². The average Bonchev–Trinajstić information content (AvgIpc) is 3.54. The summed E-state index contributed by atoms with van der Waals surface area (Å²) in [5.74, 6) is 0.629. The molecule has 0 spiro atoms. The molecule has 1 unspecified atom stereocenters. The summed E-state index contributed by atoms with van der Waals surface area (Å²) in [4.78, 5) is 19.0. The van der Waals surface area contributed by atoms with Gasteiger partial charge in [0.05, 0.1) is 39.0 Å². The molecule has 2 aromatic heterocycles. The summed E-state index contributed by atoms with van der Waals surface area (Å²) in [6.45, 7) is 3.02. The van der Waals surface area contributed by atoms with Crippen molar-refractivity contribution in [1.29, 1.82) is 5.26 Å². The van der Waals surface area contributed by atoms with Crippen LogP contribution in [-0.2, 0) is 0 Å². The Morgan fingerprint density at radius 1 is 1.36 bits per heavy atom. The third-order valence-corrected chi connectivity index (χ3v) is 5.95. The van der Waals surface area contributed by atoms with E-state index in [2.05, 4.69) is 31.5 Å². The Hall–Kier alpha value is -4.10. The molecule has 1 amide bonds. The highest BCUT2D eigenvalue weighted by Crippen LogP contribution is 2.33. The molecular formula is C22H19ClN8O2. The smallest absolute Gasteiger partial charge is 0.253 e. The number of anilines is 2. The molecule has 0 radical (unpaired) electrons. The highest BCUT2D eigenvalue weighted by Gasteiger charge is 2.28. The Kier molecular flexibility index (Phi) is 5.11. The molecule has 11 heteroatoms. The van der Waals surface area contributed by atoms with Gasteiger partial charge in [0.25, 0.3) is 5.91 Å². The molecule has 1 saturated heterocycles. The normalized spacial score (nSPS) is 15.7. The summed E-state index contributed by atoms with van der Waals surface area (Å²) >= 11 is 6.40. The fourth-order valence-corrected chi connectivity index (χ4v) is 4.26. The van der Waals surface area contributed by atoms with E-state index in [0.29, 0.717) is 46.0 Å². The number of nitrogens with zero attached hydrogens (tertiary/aromatic N) is 6. The molecule has 3 N–H and O–H groups in total. The van der Waals surface area contributed by atoms with Crippen molar-refractivity contribution < 1.29 is 9.32 Å². The van der Waals surface area contributed by atoms with E-state index in [-0.39, 0.29) is 17.8 Å². The Labute approximate surface area is 193 Å². The van der Waals surface area contributed by atoms with Gasteiger partial charge in [-0.15, -0.1) is 0 Å². The number of hydrogen-bond donors (Lipinski definition) is 2. The minimum atomic E-state index is -0.256. The third kappa shape index (κ3) is 3.83. The first-order valence-corrected chi connectivity index (χ1v) is 10.6. The van der Waals surface area contributed by atoms with Crippen LogP contribution in [0.2, 0.25) is 5.02 Å². The molecule has 1 atom stereocenters. The lowest BCUT2D eigenvalue weighted by Crippen LogP contribution is -2.37. The first-order chi connectivity index (χ1) is 15.9. The molecule has 4 aromatic rings. The van der Waals surface area contributed by atoms with Crippen LogP contribution in [0.4, 0.5) is 11.5 Å². The van der Waals surface area contributed by atoms with E-state index < -0.39 is 0 Å². The lowest BCUT2D eigenvalue weighted by Gasteiger charge is -2.19. The SMILES string of the molecule is Cc1ncn(-c2ccc(C(=O)NC3CCN(c4cc(C#N)cc5c(N)noc45)C3)c(Cl)c2)n1. The number of rotatable bonds is 4. The van der Waals surface area contributed by atoms with Gasteiger partial charge in [0.15, 0.2) is 11.4 Å². The average molecular weight is 463 g/mol. The summed E-state index contributed by atoms with van der Waals surface area (Å²) in [5.41, 5.74) is 8.71. The van der Waals surface area contributed by atoms with E-state index in [1.165, 1.54) is 0 Å². The van der Waals surface area contributed by atoms with Gasteiger partial charge in [0.1, 0.15) is 12.2 Å². The van der Waals surface area contributed by atoms with Crippen LogP contribution in [0.25, 0.3) is 16.7 Å². The molecule has 10 nitrogen and oxygen atoms in total. The summed E-state index contributed by atoms with van der Waals surface area (Å²) in [6.07, 6.45) is 2.32. The number of fused-ring (bicyclic) bond motifs is 1. The number of nitrogens with one attached hydrogen (secondary N) is 1. The van der Waals surface area contributed by atoms with E-state index in [4.69, 9.17) is 21.9 Å². The van der Waals surface area contributed by atoms with Gasteiger partial charge in [-0.3, -0.25) is 4.79 Å². The minimum Gasteiger partial charge on any atom is -0.380 e. The van der Waals surface area contributed by atoms with E-state index in [1.807, 2.05) is 0 Å². The van der Waals surface area contributed by atoms with Gasteiger partial charge in [-0.2, -0.15) is 10.4 Å². The first kappa shape index (κ1) is 20.8. The zero-order chi connectivity index (χ0) is 23.1. The molecule has 5 rings (SSSR count). The van der Waals surface area contributed by atoms with E-state index in [9.17, 15) is 10.1 Å². The summed E-state index contributed by atoms with van der Waals surface area (Å²) in [6, 6.07) is 10.6. The van der Waals surface area contributed by atoms with Crippen molar-refractivity contribution in [1.82, 2.24) is 25.2 Å². The van der Waals surface area contributed by atoms with Crippen LogP contribution in [-0.4, -0.2) is 45.0 Å². The Morgan fingerprint density at radius 2 is 2.21 bits per heavy atom. The maximum Gasteiger partial charge on any atom is 0.253 e. The van der Waals surface area contributed by atoms with Crippen LogP contribution in [0.3, 0.4) is 0 Å². The second kappa shape index (κ2) is 8.11. The molecule has 33 heavy (non-hydrogen) atoms. The molecule has 2 aromatic carbocycles. The number of nitriles is 1. The molecule has 1 aliphatic heterocycles. The van der Waals surface area contributed by atoms with Crippen LogP contribution < -0.4 is 16.0 Å². The van der Waals surface area contributed by atoms with Crippen molar-refractivity contribution in [2.45, 2.75) is 19.4 Å². The molecular weight excluding hydrogens is 444 g/mol. The number of halogens is 1. The van der Waals surface area contributed by atoms with Crippen LogP contribution in [0.15, 0.2) is 41.2 Å². The Bertz CT molecular complexity index is 1420. The molecule has 0 saturated carbocycles. The van der Waals surface area contributed by atoms with Gasteiger partial charge < -0.3 is 20.5 Å². The fourth-order valence-electron chi connectivity index (χ4n) is 4.00. The number of carbonyl (C=O) groups is 1.